The van der Waals surface area contributed by atoms with Crippen LogP contribution in [0.3, 0.4) is 0 Å². The minimum Gasteiger partial charge on any atom is -0.748 e. The van der Waals surface area contributed by atoms with Gasteiger partial charge >= 0.3 is 0 Å². The van der Waals surface area contributed by atoms with E-state index in [4.69, 9.17) is 0 Å². The van der Waals surface area contributed by atoms with Crippen LogP contribution in [-0.4, -0.2) is 29.8 Å². The quantitative estimate of drug-likeness (QED) is 0.0347. The van der Waals surface area contributed by atoms with Gasteiger partial charge in [0.15, 0.2) is 0 Å². The van der Waals surface area contributed by atoms with E-state index in [0.717, 1.165) is 19.3 Å². The Morgan fingerprint density at radius 3 is 0.612 bits per heavy atom. The third-order valence-electron chi connectivity index (χ3n) is 14.6. The molecule has 0 aromatic carbocycles. The van der Waals surface area contributed by atoms with Gasteiger partial charge in [-0.3, -0.25) is 0 Å². The SMILES string of the molecule is CCCCCCCCCCCCCCCCCC/C=C/[N+](/C=C/CCCCCCCCCCCCCCCCCC)(/C=C/CCCCCCCCCCCCCCCCCC)CCS(=O)(=O)[O-]. The van der Waals surface area contributed by atoms with Crippen LogP contribution in [0.2, 0.25) is 0 Å². The molecule has 0 spiro atoms. The largest absolute Gasteiger partial charge is 0.748 e. The second-order valence-electron chi connectivity index (χ2n) is 21.4. The molecule has 0 bridgehead atoms. The summed E-state index contributed by atoms with van der Waals surface area (Å²) in [6.07, 6.45) is 82.2. The molecule has 0 unspecified atom stereocenters. The van der Waals surface area contributed by atoms with Gasteiger partial charge in [0.05, 0.1) is 5.75 Å². The Morgan fingerprint density at radius 2 is 0.448 bits per heavy atom. The molecule has 0 aliphatic carbocycles. The topological polar surface area (TPSA) is 57.2 Å². The molecular weight excluding hydrogens is 839 g/mol. The highest BCUT2D eigenvalue weighted by atomic mass is 32.2. The summed E-state index contributed by atoms with van der Waals surface area (Å²) in [7, 11) is -4.31. The Labute approximate surface area is 423 Å². The summed E-state index contributed by atoms with van der Waals surface area (Å²) in [5.74, 6) is -0.344. The first-order valence-electron chi connectivity index (χ1n) is 30.7. The van der Waals surface area contributed by atoms with Crippen LogP contribution in [0.25, 0.3) is 0 Å². The molecule has 5 heteroatoms. The second-order valence-corrected chi connectivity index (χ2v) is 22.9. The summed E-state index contributed by atoms with van der Waals surface area (Å²) in [5, 5.41) is 0. The maximum Gasteiger partial charge on any atom is 0.104 e. The average Bonchev–Trinajstić information content (AvgIpc) is 3.31. The number of hydrogen-bond donors (Lipinski definition) is 0. The molecule has 398 valence electrons. The van der Waals surface area contributed by atoms with E-state index in [9.17, 15) is 13.0 Å². The van der Waals surface area contributed by atoms with Crippen LogP contribution in [0.1, 0.15) is 348 Å². The van der Waals surface area contributed by atoms with Crippen LogP contribution in [0.4, 0.5) is 0 Å². The lowest BCUT2D eigenvalue weighted by Gasteiger charge is -2.27. The summed E-state index contributed by atoms with van der Waals surface area (Å²) in [4.78, 5) is 0. The molecule has 0 atom stereocenters. The molecule has 0 heterocycles. The molecule has 0 rings (SSSR count). The zero-order valence-electron chi connectivity index (χ0n) is 46.0. The lowest BCUT2D eigenvalue weighted by Crippen LogP contribution is -2.35. The molecule has 0 saturated carbocycles. The van der Waals surface area contributed by atoms with Crippen molar-refractivity contribution in [3.05, 3.63) is 36.8 Å². The molecule has 0 aliphatic heterocycles. The van der Waals surface area contributed by atoms with E-state index in [1.807, 2.05) is 0 Å². The van der Waals surface area contributed by atoms with Gasteiger partial charge in [-0.15, -0.1) is 0 Å². The molecule has 0 radical (unpaired) electrons. The molecule has 0 aromatic rings. The van der Waals surface area contributed by atoms with Gasteiger partial charge in [0, 0.05) is 0 Å². The predicted molar refractivity (Wildman–Crippen MR) is 300 cm³/mol. The Hall–Kier alpha value is -0.910. The molecular formula is C62H121NO3S. The van der Waals surface area contributed by atoms with Crippen molar-refractivity contribution < 1.29 is 17.5 Å². The average molecular weight is 961 g/mol. The monoisotopic (exact) mass is 960 g/mol. The number of nitrogens with zero attached hydrogens (tertiary/aromatic N) is 1. The Kier molecular flexibility index (Phi) is 53.7. The van der Waals surface area contributed by atoms with E-state index in [1.54, 1.807) is 0 Å². The van der Waals surface area contributed by atoms with Crippen molar-refractivity contribution in [2.75, 3.05) is 12.3 Å². The van der Waals surface area contributed by atoms with Crippen molar-refractivity contribution >= 4 is 10.1 Å². The Bertz CT molecular complexity index is 1030. The van der Waals surface area contributed by atoms with Gasteiger partial charge in [-0.1, -0.05) is 310 Å². The third-order valence-corrected chi connectivity index (χ3v) is 15.2. The highest BCUT2D eigenvalue weighted by molar-refractivity contribution is 7.85. The highest BCUT2D eigenvalue weighted by Crippen LogP contribution is 2.20. The summed E-state index contributed by atoms with van der Waals surface area (Å²) in [6, 6.07) is 0. The minimum absolute atomic E-state index is 0.270. The van der Waals surface area contributed by atoms with Gasteiger partial charge in [0.1, 0.15) is 35.3 Å². The predicted octanol–water partition coefficient (Wildman–Crippen LogP) is 21.8. The molecule has 4 nitrogen and oxygen atoms in total. The van der Waals surface area contributed by atoms with Crippen molar-refractivity contribution in [3.8, 4) is 0 Å². The van der Waals surface area contributed by atoms with Crippen LogP contribution < -0.4 is 0 Å². The highest BCUT2D eigenvalue weighted by Gasteiger charge is 2.20. The number of quaternary nitrogens is 1. The molecule has 0 N–H and O–H groups in total. The van der Waals surface area contributed by atoms with Gasteiger partial charge < -0.3 is 4.55 Å². The number of allylic oxidation sites excluding steroid dienone is 3. The lowest BCUT2D eigenvalue weighted by atomic mass is 10.0. The van der Waals surface area contributed by atoms with Gasteiger partial charge in [-0.2, -0.15) is 0 Å². The molecule has 0 aromatic heterocycles. The number of rotatable bonds is 57. The fraction of sp³-hybridized carbons (Fsp3) is 0.903. The van der Waals surface area contributed by atoms with Gasteiger partial charge in [0.2, 0.25) is 0 Å². The number of hydrogen-bond acceptors (Lipinski definition) is 3. The normalized spacial score (nSPS) is 12.6. The van der Waals surface area contributed by atoms with Crippen molar-refractivity contribution in [1.82, 2.24) is 0 Å². The van der Waals surface area contributed by atoms with E-state index < -0.39 is 10.1 Å². The molecule has 0 amide bonds. The maximum absolute atomic E-state index is 12.0. The third kappa shape index (κ3) is 54.3. The lowest BCUT2D eigenvalue weighted by molar-refractivity contribution is -0.770. The smallest absolute Gasteiger partial charge is 0.104 e. The van der Waals surface area contributed by atoms with E-state index in [0.29, 0.717) is 4.48 Å². The summed E-state index contributed by atoms with van der Waals surface area (Å²) < 4.78 is 36.2. The first-order chi connectivity index (χ1) is 32.9. The number of unbranched alkanes of at least 4 members (excludes halogenated alkanes) is 48. The van der Waals surface area contributed by atoms with E-state index >= 15 is 0 Å². The van der Waals surface area contributed by atoms with Gasteiger partial charge in [-0.05, 0) is 56.8 Å². The molecule has 0 aliphatic rings. The van der Waals surface area contributed by atoms with Crippen molar-refractivity contribution in [2.45, 2.75) is 348 Å². The standard InChI is InChI=1S/C62H121NO3S/c1-4-7-10-13-16-19-22-25-28-31-34-37-40-43-46-49-52-55-58-63(61-62-67(64,65)66,59-56-53-50-47-44-41-38-35-32-29-26-23-20-17-14-11-8-5-2)60-57-54-51-48-45-42-39-36-33-30-27-24-21-18-15-12-9-6-3/h55-60H,4-54,61-62H2,1-3H3/b58-55+,59-56+,60-57+. The van der Waals surface area contributed by atoms with Crippen LogP contribution in [0.15, 0.2) is 36.8 Å². The zero-order valence-corrected chi connectivity index (χ0v) is 46.8. The molecule has 0 fully saturated rings. The van der Waals surface area contributed by atoms with Crippen molar-refractivity contribution in [1.29, 1.82) is 0 Å². The first-order valence-corrected chi connectivity index (χ1v) is 32.3. The van der Waals surface area contributed by atoms with E-state index in [1.165, 1.54) is 308 Å². The van der Waals surface area contributed by atoms with Crippen molar-refractivity contribution in [3.63, 3.8) is 0 Å². The Morgan fingerprint density at radius 1 is 0.284 bits per heavy atom. The van der Waals surface area contributed by atoms with Gasteiger partial charge in [0.25, 0.3) is 0 Å². The van der Waals surface area contributed by atoms with E-state index in [-0.39, 0.29) is 12.3 Å². The summed E-state index contributed by atoms with van der Waals surface area (Å²) in [5.41, 5.74) is 0. The molecule has 67 heavy (non-hydrogen) atoms. The minimum atomic E-state index is -4.31. The fourth-order valence-electron chi connectivity index (χ4n) is 9.89. The fourth-order valence-corrected chi connectivity index (χ4v) is 10.4. The molecule has 0 saturated heterocycles. The van der Waals surface area contributed by atoms with Crippen LogP contribution in [0.5, 0.6) is 0 Å². The summed E-state index contributed by atoms with van der Waals surface area (Å²) >= 11 is 0. The van der Waals surface area contributed by atoms with Gasteiger partial charge in [-0.25, -0.2) is 12.9 Å². The van der Waals surface area contributed by atoms with Crippen LogP contribution >= 0.6 is 0 Å². The zero-order chi connectivity index (χ0) is 48.7. The van der Waals surface area contributed by atoms with E-state index in [2.05, 4.69) is 57.6 Å². The summed E-state index contributed by atoms with van der Waals surface area (Å²) in [6.45, 7) is 7.15. The second kappa shape index (κ2) is 54.4. The van der Waals surface area contributed by atoms with Crippen molar-refractivity contribution in [2.24, 2.45) is 0 Å². The maximum atomic E-state index is 12.0. The van der Waals surface area contributed by atoms with Crippen LogP contribution in [-0.2, 0) is 10.1 Å². The van der Waals surface area contributed by atoms with Crippen LogP contribution in [0, 0.1) is 0 Å². The first kappa shape index (κ1) is 66.1. The Balaban J connectivity index is 4.79.